The number of benzene rings is 1. The fraction of sp³-hybridized carbons (Fsp3) is 0.222. The Morgan fingerprint density at radius 1 is 1.31 bits per heavy atom. The zero-order valence-electron chi connectivity index (χ0n) is 8.03. The number of hydrogen-bond donors (Lipinski definition) is 0. The van der Waals surface area contributed by atoms with E-state index >= 15 is 0 Å². The zero-order chi connectivity index (χ0) is 11.6. The minimum Gasteiger partial charge on any atom is -0.425 e. The average Bonchev–Trinajstić information content (AvgIpc) is 2.60. The molecule has 0 N–H and O–H groups in total. The van der Waals surface area contributed by atoms with Crippen LogP contribution in [0.3, 0.4) is 0 Å². The van der Waals surface area contributed by atoms with E-state index in [0.717, 1.165) is 0 Å². The molecule has 1 saturated heterocycles. The summed E-state index contributed by atoms with van der Waals surface area (Å²) in [6.07, 6.45) is -1.23. The SMILES string of the molecule is O=C(Oc1ccccc1)C1COS(=O)(=O)O1. The molecule has 16 heavy (non-hydrogen) atoms. The lowest BCUT2D eigenvalue weighted by molar-refractivity contribution is -0.141. The first-order valence-corrected chi connectivity index (χ1v) is 5.74. The minimum absolute atomic E-state index is 0.320. The summed E-state index contributed by atoms with van der Waals surface area (Å²) in [5.74, 6) is -0.479. The molecule has 1 fully saturated rings. The van der Waals surface area contributed by atoms with Gasteiger partial charge in [0.2, 0.25) is 6.10 Å². The Hall–Kier alpha value is -1.44. The highest BCUT2D eigenvalue weighted by Crippen LogP contribution is 2.16. The number of esters is 1. The van der Waals surface area contributed by atoms with Gasteiger partial charge in [-0.15, -0.1) is 0 Å². The predicted molar refractivity (Wildman–Crippen MR) is 51.8 cm³/mol. The number of rotatable bonds is 2. The smallest absolute Gasteiger partial charge is 0.400 e. The summed E-state index contributed by atoms with van der Waals surface area (Å²) in [6, 6.07) is 8.28. The van der Waals surface area contributed by atoms with Gasteiger partial charge >= 0.3 is 16.4 Å². The lowest BCUT2D eigenvalue weighted by atomic mass is 10.3. The van der Waals surface area contributed by atoms with Crippen molar-refractivity contribution in [1.29, 1.82) is 0 Å². The maximum Gasteiger partial charge on any atom is 0.400 e. The maximum absolute atomic E-state index is 11.4. The van der Waals surface area contributed by atoms with Crippen molar-refractivity contribution in [1.82, 2.24) is 0 Å². The number of hydrogen-bond acceptors (Lipinski definition) is 6. The van der Waals surface area contributed by atoms with E-state index in [0.29, 0.717) is 5.75 Å². The van der Waals surface area contributed by atoms with E-state index in [1.165, 1.54) is 0 Å². The van der Waals surface area contributed by atoms with Gasteiger partial charge in [0.25, 0.3) is 0 Å². The molecule has 6 nitrogen and oxygen atoms in total. The van der Waals surface area contributed by atoms with Gasteiger partial charge in [-0.25, -0.2) is 13.2 Å². The van der Waals surface area contributed by atoms with E-state index in [1.807, 2.05) is 0 Å². The fourth-order valence-corrected chi connectivity index (χ4v) is 1.89. The zero-order valence-corrected chi connectivity index (χ0v) is 8.85. The van der Waals surface area contributed by atoms with Crippen LogP contribution in [-0.2, 0) is 23.6 Å². The molecule has 2 rings (SSSR count). The van der Waals surface area contributed by atoms with Crippen molar-refractivity contribution in [3.8, 4) is 5.75 Å². The van der Waals surface area contributed by atoms with Gasteiger partial charge in [-0.05, 0) is 12.1 Å². The summed E-state index contributed by atoms with van der Waals surface area (Å²) >= 11 is 0. The van der Waals surface area contributed by atoms with Crippen LogP contribution in [0.5, 0.6) is 5.75 Å². The summed E-state index contributed by atoms with van der Waals surface area (Å²) in [5.41, 5.74) is 0. The summed E-state index contributed by atoms with van der Waals surface area (Å²) < 4.78 is 35.0. The maximum atomic E-state index is 11.4. The molecule has 0 bridgehead atoms. The molecule has 0 aliphatic carbocycles. The molecule has 1 unspecified atom stereocenters. The standard InChI is InChI=1S/C9H8O6S/c10-9(8-6-13-16(11,12)15-8)14-7-4-2-1-3-5-7/h1-5,8H,6H2. The van der Waals surface area contributed by atoms with Gasteiger partial charge < -0.3 is 4.74 Å². The summed E-state index contributed by atoms with van der Waals surface area (Å²) in [6.45, 7) is -0.353. The summed E-state index contributed by atoms with van der Waals surface area (Å²) in [4.78, 5) is 11.4. The molecule has 0 saturated carbocycles. The highest BCUT2D eigenvalue weighted by Gasteiger charge is 2.36. The predicted octanol–water partition coefficient (Wildman–Crippen LogP) is 0.252. The topological polar surface area (TPSA) is 78.9 Å². The molecular formula is C9H8O6S. The molecular weight excluding hydrogens is 236 g/mol. The molecule has 1 aliphatic heterocycles. The van der Waals surface area contributed by atoms with Gasteiger partial charge in [0.05, 0.1) is 0 Å². The Bertz CT molecular complexity index is 480. The van der Waals surface area contributed by atoms with Crippen LogP contribution >= 0.6 is 0 Å². The van der Waals surface area contributed by atoms with Crippen molar-refractivity contribution in [2.45, 2.75) is 6.10 Å². The highest BCUT2D eigenvalue weighted by atomic mass is 32.3. The molecule has 1 aromatic carbocycles. The second-order valence-electron chi connectivity index (χ2n) is 3.01. The Labute approximate surface area is 92.1 Å². The summed E-state index contributed by atoms with van der Waals surface area (Å²) in [5, 5.41) is 0. The van der Waals surface area contributed by atoms with Crippen LogP contribution in [0.4, 0.5) is 0 Å². The number of carbonyl (C=O) groups excluding carboxylic acids is 1. The molecule has 1 atom stereocenters. The third-order valence-corrected chi connectivity index (χ3v) is 2.72. The van der Waals surface area contributed by atoms with E-state index in [4.69, 9.17) is 4.74 Å². The molecule has 0 spiro atoms. The Kier molecular flexibility index (Phi) is 2.90. The number of carbonyl (C=O) groups is 1. The van der Waals surface area contributed by atoms with E-state index in [-0.39, 0.29) is 6.61 Å². The second-order valence-corrected chi connectivity index (χ2v) is 4.26. The largest absolute Gasteiger partial charge is 0.425 e. The molecule has 0 aromatic heterocycles. The third-order valence-electron chi connectivity index (χ3n) is 1.82. The Balaban J connectivity index is 2.00. The average molecular weight is 244 g/mol. The Morgan fingerprint density at radius 2 is 2.00 bits per heavy atom. The van der Waals surface area contributed by atoms with Gasteiger partial charge in [-0.1, -0.05) is 18.2 Å². The van der Waals surface area contributed by atoms with E-state index < -0.39 is 22.5 Å². The van der Waals surface area contributed by atoms with Gasteiger partial charge in [0.1, 0.15) is 12.4 Å². The van der Waals surface area contributed by atoms with Crippen molar-refractivity contribution < 1.29 is 26.3 Å². The van der Waals surface area contributed by atoms with Crippen LogP contribution in [0.15, 0.2) is 30.3 Å². The molecule has 0 amide bonds. The lowest BCUT2D eigenvalue weighted by Crippen LogP contribution is -2.27. The van der Waals surface area contributed by atoms with Crippen LogP contribution in [0, 0.1) is 0 Å². The molecule has 0 radical (unpaired) electrons. The first-order valence-electron chi connectivity index (χ1n) is 4.41. The van der Waals surface area contributed by atoms with E-state index in [2.05, 4.69) is 8.37 Å². The van der Waals surface area contributed by atoms with Gasteiger partial charge in [-0.2, -0.15) is 8.42 Å². The monoisotopic (exact) mass is 244 g/mol. The molecule has 7 heteroatoms. The van der Waals surface area contributed by atoms with Gasteiger partial charge in [0.15, 0.2) is 0 Å². The van der Waals surface area contributed by atoms with E-state index in [1.54, 1.807) is 30.3 Å². The third kappa shape index (κ3) is 2.57. The van der Waals surface area contributed by atoms with Crippen LogP contribution in [0.1, 0.15) is 0 Å². The van der Waals surface area contributed by atoms with Crippen molar-refractivity contribution in [3.63, 3.8) is 0 Å². The molecule has 1 aromatic rings. The van der Waals surface area contributed by atoms with Crippen LogP contribution < -0.4 is 4.74 Å². The van der Waals surface area contributed by atoms with E-state index in [9.17, 15) is 13.2 Å². The second kappa shape index (κ2) is 4.20. The first kappa shape index (κ1) is 11.1. The van der Waals surface area contributed by atoms with Crippen molar-refractivity contribution in [2.75, 3.05) is 6.61 Å². The quantitative estimate of drug-likeness (QED) is 0.548. The van der Waals surface area contributed by atoms with Crippen LogP contribution in [-0.4, -0.2) is 27.1 Å². The lowest BCUT2D eigenvalue weighted by Gasteiger charge is -2.05. The minimum atomic E-state index is -4.03. The normalized spacial score (nSPS) is 22.9. The van der Waals surface area contributed by atoms with Crippen molar-refractivity contribution in [2.24, 2.45) is 0 Å². The number of ether oxygens (including phenoxy) is 1. The molecule has 1 heterocycles. The molecule has 1 aliphatic rings. The van der Waals surface area contributed by atoms with Crippen molar-refractivity contribution >= 4 is 16.4 Å². The highest BCUT2D eigenvalue weighted by molar-refractivity contribution is 7.82. The first-order chi connectivity index (χ1) is 7.57. The van der Waals surface area contributed by atoms with Gasteiger partial charge in [0, 0.05) is 0 Å². The summed E-state index contributed by atoms with van der Waals surface area (Å²) in [7, 11) is -4.03. The molecule has 86 valence electrons. The van der Waals surface area contributed by atoms with Crippen LogP contribution in [0.2, 0.25) is 0 Å². The number of para-hydroxylation sites is 1. The van der Waals surface area contributed by atoms with Crippen LogP contribution in [0.25, 0.3) is 0 Å². The fourth-order valence-electron chi connectivity index (χ4n) is 1.12. The Morgan fingerprint density at radius 3 is 2.56 bits per heavy atom. The van der Waals surface area contributed by atoms with Gasteiger partial charge in [-0.3, -0.25) is 0 Å². The van der Waals surface area contributed by atoms with Crippen molar-refractivity contribution in [3.05, 3.63) is 30.3 Å².